The highest BCUT2D eigenvalue weighted by Gasteiger charge is 2.15. The summed E-state index contributed by atoms with van der Waals surface area (Å²) in [5, 5.41) is 0. The van der Waals surface area contributed by atoms with Gasteiger partial charge in [-0.1, -0.05) is 24.3 Å². The van der Waals surface area contributed by atoms with Crippen LogP contribution < -0.4 is 9.80 Å². The van der Waals surface area contributed by atoms with Crippen LogP contribution in [-0.2, 0) is 0 Å². The second-order valence-corrected chi connectivity index (χ2v) is 11.4. The second kappa shape index (κ2) is 10.9. The molecule has 5 heterocycles. The Hall–Kier alpha value is -5.69. The van der Waals surface area contributed by atoms with E-state index in [9.17, 15) is 4.79 Å². The fourth-order valence-electron chi connectivity index (χ4n) is 5.72. The van der Waals surface area contributed by atoms with Crippen molar-refractivity contribution in [3.63, 3.8) is 0 Å². The summed E-state index contributed by atoms with van der Waals surface area (Å²) < 4.78 is 0. The molecule has 0 saturated heterocycles. The van der Waals surface area contributed by atoms with Crippen LogP contribution in [0, 0.1) is 0 Å². The molecule has 7 rings (SSSR count). The number of H-pyrrole nitrogens is 2. The van der Waals surface area contributed by atoms with Crippen molar-refractivity contribution in [3.05, 3.63) is 107 Å². The molecule has 2 aliphatic rings. The number of carbonyl (C=O) groups excluding carboxylic acids is 1. The number of carbonyl (C=O) groups is 1. The number of aldehydes is 1. The minimum Gasteiger partial charge on any atom is -0.378 e. The molecule has 0 fully saturated rings. The van der Waals surface area contributed by atoms with Gasteiger partial charge in [0, 0.05) is 72.8 Å². The average molecular weight is 577 g/mol. The van der Waals surface area contributed by atoms with E-state index < -0.39 is 0 Å². The predicted molar refractivity (Wildman–Crippen MR) is 184 cm³/mol. The molecule has 0 spiro atoms. The van der Waals surface area contributed by atoms with Crippen LogP contribution in [0.3, 0.4) is 0 Å². The Morgan fingerprint density at radius 2 is 1.11 bits per heavy atom. The van der Waals surface area contributed by atoms with E-state index in [0.29, 0.717) is 11.1 Å². The Balaban J connectivity index is 1.53. The third kappa shape index (κ3) is 4.98. The number of hydrogen-bond donors (Lipinski definition) is 2. The Kier molecular flexibility index (Phi) is 6.70. The van der Waals surface area contributed by atoms with E-state index in [2.05, 4.69) is 80.4 Å². The van der Waals surface area contributed by atoms with Gasteiger partial charge >= 0.3 is 0 Å². The van der Waals surface area contributed by atoms with Gasteiger partial charge in [0.15, 0.2) is 6.29 Å². The molecule has 0 radical (unpaired) electrons. The zero-order valence-electron chi connectivity index (χ0n) is 25.1. The summed E-state index contributed by atoms with van der Waals surface area (Å²) in [6.07, 6.45) is 8.96. The van der Waals surface area contributed by atoms with Crippen LogP contribution in [-0.4, -0.2) is 54.4 Å². The van der Waals surface area contributed by atoms with E-state index >= 15 is 0 Å². The molecule has 216 valence electrons. The lowest BCUT2D eigenvalue weighted by Crippen LogP contribution is -2.07. The molecule has 2 N–H and O–H groups in total. The zero-order chi connectivity index (χ0) is 30.4. The molecule has 0 unspecified atom stereocenters. The van der Waals surface area contributed by atoms with Crippen LogP contribution in [0.2, 0.25) is 0 Å². The summed E-state index contributed by atoms with van der Waals surface area (Å²) in [6.45, 7) is 0. The van der Waals surface area contributed by atoms with Crippen LogP contribution in [0.1, 0.15) is 33.1 Å². The van der Waals surface area contributed by atoms with Gasteiger partial charge in [0.05, 0.1) is 28.3 Å². The molecular formula is C37H32N6O. The van der Waals surface area contributed by atoms with E-state index in [4.69, 9.17) is 9.97 Å². The normalized spacial score (nSPS) is 12.0. The minimum absolute atomic E-state index is 0.562. The molecule has 5 aromatic rings. The maximum Gasteiger partial charge on any atom is 0.152 e. The molecule has 0 atom stereocenters. The monoisotopic (exact) mass is 576 g/mol. The molecule has 2 aliphatic heterocycles. The summed E-state index contributed by atoms with van der Waals surface area (Å²) in [5.74, 6) is 0. The lowest BCUT2D eigenvalue weighted by atomic mass is 10.0. The van der Waals surface area contributed by atoms with Gasteiger partial charge in [-0.05, 0) is 90.0 Å². The molecule has 3 aromatic heterocycles. The van der Waals surface area contributed by atoms with Crippen molar-refractivity contribution >= 4 is 64.0 Å². The van der Waals surface area contributed by atoms with Crippen molar-refractivity contribution in [2.45, 2.75) is 0 Å². The van der Waals surface area contributed by atoms with Gasteiger partial charge in [-0.15, -0.1) is 0 Å². The first-order valence-corrected chi connectivity index (χ1v) is 14.5. The van der Waals surface area contributed by atoms with Gasteiger partial charge in [0.25, 0.3) is 0 Å². The highest BCUT2D eigenvalue weighted by Crippen LogP contribution is 2.34. The van der Waals surface area contributed by atoms with Crippen molar-refractivity contribution in [2.24, 2.45) is 0 Å². The second-order valence-electron chi connectivity index (χ2n) is 11.4. The molecule has 0 aliphatic carbocycles. The van der Waals surface area contributed by atoms with Crippen molar-refractivity contribution in [1.82, 2.24) is 19.9 Å². The SMILES string of the molecule is CN(C)c1ccc(-c2c3nc(cc4[nH]c(cc4C=O)c(-c4ccc(N(C)C)cc4)c4nc(cc5ccc2[nH]5)C=C4)C=C3)cc1. The van der Waals surface area contributed by atoms with E-state index in [1.807, 2.05) is 70.7 Å². The molecule has 8 bridgehead atoms. The average Bonchev–Trinajstić information content (AvgIpc) is 3.84. The van der Waals surface area contributed by atoms with Crippen LogP contribution in [0.25, 0.3) is 68.6 Å². The van der Waals surface area contributed by atoms with Crippen LogP contribution in [0.4, 0.5) is 11.4 Å². The first kappa shape index (κ1) is 27.2. The molecule has 44 heavy (non-hydrogen) atoms. The van der Waals surface area contributed by atoms with E-state index in [-0.39, 0.29) is 0 Å². The summed E-state index contributed by atoms with van der Waals surface area (Å²) >= 11 is 0. The van der Waals surface area contributed by atoms with Crippen molar-refractivity contribution < 1.29 is 4.79 Å². The van der Waals surface area contributed by atoms with Crippen LogP contribution in [0.5, 0.6) is 0 Å². The minimum atomic E-state index is 0.562. The van der Waals surface area contributed by atoms with E-state index in [1.165, 1.54) is 0 Å². The lowest BCUT2D eigenvalue weighted by molar-refractivity contribution is 0.112. The van der Waals surface area contributed by atoms with Crippen LogP contribution >= 0.6 is 0 Å². The number of fused-ring (bicyclic) bond motifs is 8. The maximum atomic E-state index is 12.3. The van der Waals surface area contributed by atoms with Gasteiger partial charge in [-0.2, -0.15) is 0 Å². The lowest BCUT2D eigenvalue weighted by Gasteiger charge is -2.13. The van der Waals surface area contributed by atoms with E-state index in [0.717, 1.165) is 79.2 Å². The highest BCUT2D eigenvalue weighted by molar-refractivity contribution is 5.97. The molecule has 7 heteroatoms. The topological polar surface area (TPSA) is 80.9 Å². The number of rotatable bonds is 5. The maximum absolute atomic E-state index is 12.3. The fraction of sp³-hybridized carbons (Fsp3) is 0.108. The number of aromatic amines is 2. The van der Waals surface area contributed by atoms with Gasteiger partial charge in [0.2, 0.25) is 0 Å². The smallest absolute Gasteiger partial charge is 0.152 e. The first-order chi connectivity index (χ1) is 21.4. The van der Waals surface area contributed by atoms with E-state index in [1.54, 1.807) is 0 Å². The van der Waals surface area contributed by atoms with Crippen LogP contribution in [0.15, 0.2) is 78.9 Å². The molecule has 0 saturated carbocycles. The van der Waals surface area contributed by atoms with Gasteiger partial charge in [0.1, 0.15) is 0 Å². The summed E-state index contributed by atoms with van der Waals surface area (Å²) in [6, 6.07) is 26.9. The quantitative estimate of drug-likeness (QED) is 0.203. The Labute approximate surface area is 255 Å². The largest absolute Gasteiger partial charge is 0.378 e. The molecule has 0 amide bonds. The number of anilines is 2. The van der Waals surface area contributed by atoms with Crippen molar-refractivity contribution in [3.8, 4) is 22.3 Å². The van der Waals surface area contributed by atoms with Crippen molar-refractivity contribution in [2.75, 3.05) is 38.0 Å². The van der Waals surface area contributed by atoms with Gasteiger partial charge < -0.3 is 19.8 Å². The molecule has 7 nitrogen and oxygen atoms in total. The number of aromatic nitrogens is 4. The highest BCUT2D eigenvalue weighted by atomic mass is 16.1. The third-order valence-corrected chi connectivity index (χ3v) is 8.03. The Morgan fingerprint density at radius 3 is 1.66 bits per heavy atom. The zero-order valence-corrected chi connectivity index (χ0v) is 25.1. The third-order valence-electron chi connectivity index (χ3n) is 8.03. The summed E-state index contributed by atoms with van der Waals surface area (Å²) in [7, 11) is 8.11. The molecule has 2 aromatic carbocycles. The molecular weight excluding hydrogens is 544 g/mol. The Bertz CT molecular complexity index is 2130. The predicted octanol–water partition coefficient (Wildman–Crippen LogP) is 7.93. The number of hydrogen-bond acceptors (Lipinski definition) is 5. The number of benzene rings is 2. The van der Waals surface area contributed by atoms with Gasteiger partial charge in [-0.25, -0.2) is 9.97 Å². The van der Waals surface area contributed by atoms with Crippen molar-refractivity contribution in [1.29, 1.82) is 0 Å². The number of nitrogens with one attached hydrogen (secondary N) is 2. The first-order valence-electron chi connectivity index (χ1n) is 14.5. The Morgan fingerprint density at radius 1 is 0.568 bits per heavy atom. The summed E-state index contributed by atoms with van der Waals surface area (Å²) in [5.41, 5.74) is 13.4. The van der Waals surface area contributed by atoms with Gasteiger partial charge in [-0.3, -0.25) is 4.79 Å². The standard InChI is InChI=1S/C37H32N6O/c1-42(2)29-12-5-23(6-13-29)36-31-16-9-26(38-31)20-27-10-17-33(39-27)37(24-7-14-30(15-8-24)43(3)4)35-19-25(22-44)34(41-35)21-28-11-18-32(36)40-28/h5-22,38,41H,1-4H3. The fourth-order valence-corrected chi connectivity index (χ4v) is 5.72. The summed E-state index contributed by atoms with van der Waals surface area (Å²) in [4.78, 5) is 33.6. The number of nitrogens with zero attached hydrogens (tertiary/aromatic N) is 4.